The van der Waals surface area contributed by atoms with Crippen LogP contribution in [0.2, 0.25) is 0 Å². The van der Waals surface area contributed by atoms with Crippen molar-refractivity contribution in [3.8, 4) is 0 Å². The first-order valence-electron chi connectivity index (χ1n) is 5.87. The van der Waals surface area contributed by atoms with E-state index in [4.69, 9.17) is 5.73 Å². The van der Waals surface area contributed by atoms with Gasteiger partial charge in [0.05, 0.1) is 24.5 Å². The average Bonchev–Trinajstić information content (AvgIpc) is 2.76. The molecule has 1 atom stereocenters. The maximum Gasteiger partial charge on any atom is 0.272 e. The van der Waals surface area contributed by atoms with Crippen LogP contribution in [-0.2, 0) is 7.05 Å². The van der Waals surface area contributed by atoms with Crippen LogP contribution in [-0.4, -0.2) is 27.4 Å². The molecule has 1 aromatic heterocycles. The van der Waals surface area contributed by atoms with Crippen LogP contribution in [0.1, 0.15) is 22.1 Å². The zero-order valence-corrected chi connectivity index (χ0v) is 10.6. The highest BCUT2D eigenvalue weighted by molar-refractivity contribution is 5.97. The van der Waals surface area contributed by atoms with E-state index in [1.54, 1.807) is 7.05 Å². The van der Waals surface area contributed by atoms with Gasteiger partial charge in [0, 0.05) is 7.05 Å². The Balaban J connectivity index is 2.18. The summed E-state index contributed by atoms with van der Waals surface area (Å²) in [5, 5.41) is 16.0. The minimum Gasteiger partial charge on any atom is -0.396 e. The lowest BCUT2D eigenvalue weighted by Gasteiger charge is -2.16. The van der Waals surface area contributed by atoms with E-state index in [9.17, 15) is 9.90 Å². The lowest BCUT2D eigenvalue weighted by molar-refractivity contribution is 0.0907. The predicted octanol–water partition coefficient (Wildman–Crippen LogP) is 0.466. The molecule has 2 aromatic rings. The molecule has 19 heavy (non-hydrogen) atoms. The topological polar surface area (TPSA) is 93.2 Å². The number of aryl methyl sites for hydroxylation is 1. The van der Waals surface area contributed by atoms with Crippen LogP contribution in [0.25, 0.3) is 0 Å². The standard InChI is InChI=1S/C13H16N4O2/c1-17-12(10(14)7-15-17)13(19)16-11(8-18)9-5-3-2-4-6-9/h2-7,11,18H,8,14H2,1H3,(H,16,19)/t11-/m1/s1. The zero-order chi connectivity index (χ0) is 13.8. The van der Waals surface area contributed by atoms with Gasteiger partial charge in [0.15, 0.2) is 0 Å². The number of nitrogen functional groups attached to an aromatic ring is 1. The number of carbonyl (C=O) groups excluding carboxylic acids is 1. The number of nitrogens with two attached hydrogens (primary N) is 1. The van der Waals surface area contributed by atoms with E-state index in [-0.39, 0.29) is 18.2 Å². The fourth-order valence-electron chi connectivity index (χ4n) is 1.88. The molecule has 1 heterocycles. The zero-order valence-electron chi connectivity index (χ0n) is 10.6. The molecule has 100 valence electrons. The fourth-order valence-corrected chi connectivity index (χ4v) is 1.88. The Morgan fingerprint density at radius 1 is 1.47 bits per heavy atom. The minimum absolute atomic E-state index is 0.187. The van der Waals surface area contributed by atoms with Gasteiger partial charge in [-0.15, -0.1) is 0 Å². The van der Waals surface area contributed by atoms with Crippen molar-refractivity contribution in [1.82, 2.24) is 15.1 Å². The van der Waals surface area contributed by atoms with E-state index in [0.29, 0.717) is 5.69 Å². The predicted molar refractivity (Wildman–Crippen MR) is 71.4 cm³/mol. The molecule has 0 fully saturated rings. The Labute approximate surface area is 110 Å². The second kappa shape index (κ2) is 5.53. The summed E-state index contributed by atoms with van der Waals surface area (Å²) in [7, 11) is 1.64. The van der Waals surface area contributed by atoms with Crippen molar-refractivity contribution in [2.24, 2.45) is 7.05 Å². The molecule has 0 aliphatic heterocycles. The van der Waals surface area contributed by atoms with Crippen molar-refractivity contribution in [1.29, 1.82) is 0 Å². The highest BCUT2D eigenvalue weighted by Gasteiger charge is 2.19. The van der Waals surface area contributed by atoms with Crippen molar-refractivity contribution in [2.45, 2.75) is 6.04 Å². The minimum atomic E-state index is -0.469. The Morgan fingerprint density at radius 3 is 2.68 bits per heavy atom. The average molecular weight is 260 g/mol. The number of carbonyl (C=O) groups is 1. The van der Waals surface area contributed by atoms with Crippen LogP contribution in [0.3, 0.4) is 0 Å². The molecule has 1 amide bonds. The van der Waals surface area contributed by atoms with Gasteiger partial charge in [-0.1, -0.05) is 30.3 Å². The lowest BCUT2D eigenvalue weighted by Crippen LogP contribution is -2.32. The summed E-state index contributed by atoms with van der Waals surface area (Å²) in [6, 6.07) is 8.79. The second-order valence-corrected chi connectivity index (χ2v) is 4.19. The number of anilines is 1. The van der Waals surface area contributed by atoms with Gasteiger partial charge in [-0.25, -0.2) is 0 Å². The Bertz CT molecular complexity index is 546. The molecular weight excluding hydrogens is 244 g/mol. The van der Waals surface area contributed by atoms with Gasteiger partial charge in [0.25, 0.3) is 5.91 Å². The van der Waals surface area contributed by atoms with Crippen LogP contribution >= 0.6 is 0 Å². The Hall–Kier alpha value is -2.34. The van der Waals surface area contributed by atoms with E-state index in [2.05, 4.69) is 10.4 Å². The highest BCUT2D eigenvalue weighted by atomic mass is 16.3. The molecule has 0 saturated carbocycles. The number of nitrogens with zero attached hydrogens (tertiary/aromatic N) is 2. The third-order valence-electron chi connectivity index (χ3n) is 2.87. The van der Waals surface area contributed by atoms with Crippen LogP contribution in [0, 0.1) is 0 Å². The van der Waals surface area contributed by atoms with E-state index < -0.39 is 6.04 Å². The molecule has 2 rings (SSSR count). The number of aliphatic hydroxyl groups is 1. The maximum atomic E-state index is 12.1. The van der Waals surface area contributed by atoms with Gasteiger partial charge in [0.1, 0.15) is 5.69 Å². The lowest BCUT2D eigenvalue weighted by atomic mass is 10.1. The summed E-state index contributed by atoms with van der Waals surface area (Å²) in [5.74, 6) is -0.361. The van der Waals surface area contributed by atoms with Crippen molar-refractivity contribution < 1.29 is 9.90 Å². The molecule has 0 spiro atoms. The smallest absolute Gasteiger partial charge is 0.272 e. The fraction of sp³-hybridized carbons (Fsp3) is 0.231. The van der Waals surface area contributed by atoms with Crippen molar-refractivity contribution in [3.63, 3.8) is 0 Å². The molecule has 0 radical (unpaired) electrons. The van der Waals surface area contributed by atoms with Gasteiger partial charge in [0.2, 0.25) is 0 Å². The third-order valence-corrected chi connectivity index (χ3v) is 2.87. The van der Waals surface area contributed by atoms with Crippen LogP contribution in [0.4, 0.5) is 5.69 Å². The summed E-state index contributed by atoms with van der Waals surface area (Å²) in [4.78, 5) is 12.1. The SMILES string of the molecule is Cn1ncc(N)c1C(=O)N[C@H](CO)c1ccccc1. The summed E-state index contributed by atoms with van der Waals surface area (Å²) in [6.45, 7) is -0.187. The number of benzene rings is 1. The van der Waals surface area contributed by atoms with Crippen LogP contribution < -0.4 is 11.1 Å². The first-order chi connectivity index (χ1) is 9.13. The second-order valence-electron chi connectivity index (χ2n) is 4.19. The normalized spacial score (nSPS) is 12.1. The largest absolute Gasteiger partial charge is 0.396 e. The highest BCUT2D eigenvalue weighted by Crippen LogP contribution is 2.15. The summed E-state index contributed by atoms with van der Waals surface area (Å²) in [5.41, 5.74) is 7.12. The molecule has 0 aliphatic rings. The van der Waals surface area contributed by atoms with Gasteiger partial charge in [-0.05, 0) is 5.56 Å². The van der Waals surface area contributed by atoms with Crippen LogP contribution in [0.15, 0.2) is 36.5 Å². The monoisotopic (exact) mass is 260 g/mol. The summed E-state index contributed by atoms with van der Waals surface area (Å²) < 4.78 is 1.41. The first-order valence-corrected chi connectivity index (χ1v) is 5.87. The Morgan fingerprint density at radius 2 is 2.16 bits per heavy atom. The number of nitrogens with one attached hydrogen (secondary N) is 1. The number of hydrogen-bond acceptors (Lipinski definition) is 4. The number of hydrogen-bond donors (Lipinski definition) is 3. The van der Waals surface area contributed by atoms with Gasteiger partial charge >= 0.3 is 0 Å². The number of rotatable bonds is 4. The molecule has 6 heteroatoms. The molecule has 6 nitrogen and oxygen atoms in total. The van der Waals surface area contributed by atoms with Gasteiger partial charge in [-0.3, -0.25) is 9.48 Å². The molecule has 0 bridgehead atoms. The first kappa shape index (κ1) is 13.1. The number of aromatic nitrogens is 2. The summed E-state index contributed by atoms with van der Waals surface area (Å²) in [6.07, 6.45) is 1.42. The quantitative estimate of drug-likeness (QED) is 0.744. The molecule has 0 aliphatic carbocycles. The third kappa shape index (κ3) is 2.74. The summed E-state index contributed by atoms with van der Waals surface area (Å²) >= 11 is 0. The number of amides is 1. The van der Waals surface area contributed by atoms with Crippen molar-refractivity contribution in [2.75, 3.05) is 12.3 Å². The van der Waals surface area contributed by atoms with Crippen LogP contribution in [0.5, 0.6) is 0 Å². The van der Waals surface area contributed by atoms with E-state index in [0.717, 1.165) is 5.56 Å². The molecule has 0 unspecified atom stereocenters. The molecule has 0 saturated heterocycles. The number of aliphatic hydroxyl groups excluding tert-OH is 1. The van der Waals surface area contributed by atoms with Crippen molar-refractivity contribution in [3.05, 3.63) is 47.8 Å². The molecule has 1 aromatic carbocycles. The van der Waals surface area contributed by atoms with E-state index >= 15 is 0 Å². The Kier molecular flexibility index (Phi) is 3.82. The van der Waals surface area contributed by atoms with Gasteiger partial charge < -0.3 is 16.2 Å². The van der Waals surface area contributed by atoms with Gasteiger partial charge in [-0.2, -0.15) is 5.10 Å². The van der Waals surface area contributed by atoms with E-state index in [1.807, 2.05) is 30.3 Å². The molecule has 4 N–H and O–H groups in total. The van der Waals surface area contributed by atoms with E-state index in [1.165, 1.54) is 10.9 Å². The maximum absolute atomic E-state index is 12.1. The van der Waals surface area contributed by atoms with Crippen molar-refractivity contribution >= 4 is 11.6 Å². The molecular formula is C13H16N4O2.